The molecule has 20 heteroatoms. The average molecular weight is 543 g/mol. The van der Waals surface area contributed by atoms with Crippen molar-refractivity contribution in [3.63, 3.8) is 0 Å². The molecule has 0 spiro atoms. The second kappa shape index (κ2) is 11.3. The molecule has 1 unspecified atom stereocenters. The highest BCUT2D eigenvalue weighted by molar-refractivity contribution is 7.81. The van der Waals surface area contributed by atoms with Crippen LogP contribution in [-0.2, 0) is 48.2 Å². The predicted octanol–water partition coefficient (Wildman–Crippen LogP) is -5.60. The molecule has 0 saturated carbocycles. The van der Waals surface area contributed by atoms with E-state index < -0.39 is 101 Å². The Hall–Kier alpha value is -1.11. The Bertz CT molecular complexity index is 911. The third kappa shape index (κ3) is 7.69. The van der Waals surface area contributed by atoms with Crippen LogP contribution >= 0.6 is 0 Å². The summed E-state index contributed by atoms with van der Waals surface area (Å²) in [6.45, 7) is -1.00. The SMILES string of the molecule is CC(=O)N[C@H]1C(O)O[C@H](CO)[C@@H](O[C@@H]2O[C@H](COS(=O)(=O)O)[C@H](OS(=O)(=O)O)[C@H](O)[C@H]2O)[C@@H]1O. The van der Waals surface area contributed by atoms with Crippen LogP contribution in [0.1, 0.15) is 6.92 Å². The van der Waals surface area contributed by atoms with E-state index >= 15 is 0 Å². The van der Waals surface area contributed by atoms with Crippen LogP contribution in [-0.4, -0.2) is 132 Å². The van der Waals surface area contributed by atoms with Crippen molar-refractivity contribution in [2.75, 3.05) is 13.2 Å². The van der Waals surface area contributed by atoms with Crippen LogP contribution in [0.3, 0.4) is 0 Å². The average Bonchev–Trinajstić information content (AvgIpc) is 2.69. The number of carbonyl (C=O) groups excluding carboxylic acids is 1. The second-order valence-electron chi connectivity index (χ2n) is 7.29. The molecular weight excluding hydrogens is 518 g/mol. The van der Waals surface area contributed by atoms with Gasteiger partial charge in [-0.15, -0.1) is 0 Å². The van der Waals surface area contributed by atoms with Crippen LogP contribution in [0.2, 0.25) is 0 Å². The largest absolute Gasteiger partial charge is 0.397 e. The molecule has 18 nitrogen and oxygen atoms in total. The second-order valence-corrected chi connectivity index (χ2v) is 9.43. The topological polar surface area (TPSA) is 285 Å². The van der Waals surface area contributed by atoms with E-state index in [1.165, 1.54) is 0 Å². The fraction of sp³-hybridized carbons (Fsp3) is 0.929. The summed E-state index contributed by atoms with van der Waals surface area (Å²) in [6.07, 6.45) is -17.2. The standard InChI is InChI=1S/C14H25NO17S2/c1-4(17)15-7-8(18)11(5(2-16)29-13(7)21)31-14-10(20)9(19)12(32-34(25,26)27)6(30-14)3-28-33(22,23)24/h5-14,16,18-21H,2-3H2,1H3,(H,15,17)(H,22,23,24)(H,25,26,27)/t5-,6-,7-,8-,9-,10-,11-,12+,13?,14+/m1/s1. The maximum Gasteiger partial charge on any atom is 0.397 e. The number of nitrogens with one attached hydrogen (secondary N) is 1. The van der Waals surface area contributed by atoms with Gasteiger partial charge in [0.1, 0.15) is 48.8 Å². The molecular formula is C14H25NO17S2. The molecule has 2 aliphatic heterocycles. The summed E-state index contributed by atoms with van der Waals surface area (Å²) < 4.78 is 85.5. The van der Waals surface area contributed by atoms with Crippen LogP contribution in [0.25, 0.3) is 0 Å². The lowest BCUT2D eigenvalue weighted by Crippen LogP contribution is -2.67. The minimum Gasteiger partial charge on any atom is -0.394 e. The van der Waals surface area contributed by atoms with Crippen molar-refractivity contribution in [2.45, 2.75) is 68.3 Å². The normalized spacial score (nSPS) is 39.5. The molecule has 0 bridgehead atoms. The van der Waals surface area contributed by atoms with Crippen molar-refractivity contribution >= 4 is 26.7 Å². The van der Waals surface area contributed by atoms with Gasteiger partial charge in [0, 0.05) is 6.92 Å². The molecule has 2 aliphatic rings. The number of ether oxygens (including phenoxy) is 3. The Balaban J connectivity index is 2.29. The third-order valence-corrected chi connectivity index (χ3v) is 5.69. The summed E-state index contributed by atoms with van der Waals surface area (Å²) in [7, 11) is -10.4. The molecule has 0 aromatic rings. The molecule has 200 valence electrons. The molecule has 34 heavy (non-hydrogen) atoms. The Morgan fingerprint density at radius 2 is 1.53 bits per heavy atom. The number of rotatable bonds is 9. The number of hydrogen-bond acceptors (Lipinski definition) is 15. The minimum atomic E-state index is -5.28. The highest BCUT2D eigenvalue weighted by Gasteiger charge is 2.52. The molecule has 0 aromatic carbocycles. The maximum absolute atomic E-state index is 11.3. The van der Waals surface area contributed by atoms with Crippen LogP contribution in [0.4, 0.5) is 0 Å². The lowest BCUT2D eigenvalue weighted by atomic mass is 9.95. The highest BCUT2D eigenvalue weighted by atomic mass is 32.3. The van der Waals surface area contributed by atoms with Crippen molar-refractivity contribution in [3.8, 4) is 0 Å². The van der Waals surface area contributed by atoms with E-state index in [0.717, 1.165) is 6.92 Å². The van der Waals surface area contributed by atoms with Crippen LogP contribution < -0.4 is 5.32 Å². The zero-order valence-corrected chi connectivity index (χ0v) is 18.9. The van der Waals surface area contributed by atoms with Gasteiger partial charge in [-0.1, -0.05) is 0 Å². The molecule has 2 heterocycles. The van der Waals surface area contributed by atoms with E-state index in [2.05, 4.69) is 13.7 Å². The van der Waals surface area contributed by atoms with Gasteiger partial charge in [-0.25, -0.2) is 8.37 Å². The summed E-state index contributed by atoms with van der Waals surface area (Å²) >= 11 is 0. The monoisotopic (exact) mass is 543 g/mol. The van der Waals surface area contributed by atoms with Gasteiger partial charge in [0.25, 0.3) is 0 Å². The zero-order chi connectivity index (χ0) is 26.0. The number of hydrogen-bond donors (Lipinski definition) is 8. The number of aliphatic hydroxyl groups excluding tert-OH is 5. The predicted molar refractivity (Wildman–Crippen MR) is 101 cm³/mol. The van der Waals surface area contributed by atoms with Gasteiger partial charge in [-0.3, -0.25) is 13.9 Å². The number of carbonyl (C=O) groups is 1. The van der Waals surface area contributed by atoms with E-state index in [1.807, 2.05) is 0 Å². The van der Waals surface area contributed by atoms with Gasteiger partial charge in [0.15, 0.2) is 12.6 Å². The van der Waals surface area contributed by atoms with E-state index in [4.69, 9.17) is 23.3 Å². The van der Waals surface area contributed by atoms with Gasteiger partial charge in [0.2, 0.25) is 5.91 Å². The molecule has 1 amide bonds. The minimum absolute atomic E-state index is 0.690. The lowest BCUT2D eigenvalue weighted by molar-refractivity contribution is -0.342. The molecule has 2 rings (SSSR count). The first-order chi connectivity index (χ1) is 15.5. The van der Waals surface area contributed by atoms with Gasteiger partial charge in [0.05, 0.1) is 13.2 Å². The lowest BCUT2D eigenvalue weighted by Gasteiger charge is -2.46. The van der Waals surface area contributed by atoms with Crippen molar-refractivity contribution in [3.05, 3.63) is 0 Å². The summed E-state index contributed by atoms with van der Waals surface area (Å²) in [5.41, 5.74) is 0. The molecule has 0 aliphatic carbocycles. The smallest absolute Gasteiger partial charge is 0.394 e. The summed E-state index contributed by atoms with van der Waals surface area (Å²) in [5.74, 6) is -0.690. The number of amides is 1. The Labute approximate surface area is 192 Å². The Kier molecular flexibility index (Phi) is 9.68. The molecule has 0 radical (unpaired) electrons. The van der Waals surface area contributed by atoms with Gasteiger partial charge in [-0.05, 0) is 0 Å². The van der Waals surface area contributed by atoms with Crippen molar-refractivity contribution in [1.82, 2.24) is 5.32 Å². The fourth-order valence-electron chi connectivity index (χ4n) is 3.36. The van der Waals surface area contributed by atoms with Crippen LogP contribution in [0.5, 0.6) is 0 Å². The molecule has 2 fully saturated rings. The fourth-order valence-corrected chi connectivity index (χ4v) is 4.18. The first-order valence-electron chi connectivity index (χ1n) is 9.38. The van der Waals surface area contributed by atoms with E-state index in [0.29, 0.717) is 0 Å². The van der Waals surface area contributed by atoms with Crippen LogP contribution in [0.15, 0.2) is 0 Å². The summed E-state index contributed by atoms with van der Waals surface area (Å²) in [4.78, 5) is 11.3. The molecule has 2 saturated heterocycles. The van der Waals surface area contributed by atoms with Crippen LogP contribution in [0, 0.1) is 0 Å². The summed E-state index contributed by atoms with van der Waals surface area (Å²) in [5, 5.41) is 52.8. The van der Waals surface area contributed by atoms with Crippen molar-refractivity contribution in [2.24, 2.45) is 0 Å². The van der Waals surface area contributed by atoms with E-state index in [1.54, 1.807) is 0 Å². The zero-order valence-electron chi connectivity index (χ0n) is 17.2. The van der Waals surface area contributed by atoms with Crippen molar-refractivity contribution in [1.29, 1.82) is 0 Å². The maximum atomic E-state index is 11.3. The Morgan fingerprint density at radius 3 is 2.03 bits per heavy atom. The first-order valence-corrected chi connectivity index (χ1v) is 12.1. The van der Waals surface area contributed by atoms with E-state index in [9.17, 15) is 47.2 Å². The highest BCUT2D eigenvalue weighted by Crippen LogP contribution is 2.30. The quantitative estimate of drug-likeness (QED) is 0.126. The Morgan fingerprint density at radius 1 is 0.912 bits per heavy atom. The molecule has 0 aromatic heterocycles. The van der Waals surface area contributed by atoms with Gasteiger partial charge < -0.3 is 45.1 Å². The van der Waals surface area contributed by atoms with Crippen molar-refractivity contribution < 1.29 is 78.8 Å². The van der Waals surface area contributed by atoms with E-state index in [-0.39, 0.29) is 0 Å². The third-order valence-electron chi connectivity index (χ3n) is 4.79. The molecule has 10 atom stereocenters. The number of aliphatic hydroxyl groups is 5. The summed E-state index contributed by atoms with van der Waals surface area (Å²) in [6, 6.07) is -1.48. The van der Waals surface area contributed by atoms with Gasteiger partial charge in [-0.2, -0.15) is 16.8 Å². The molecule has 8 N–H and O–H groups in total. The van der Waals surface area contributed by atoms with Gasteiger partial charge >= 0.3 is 20.8 Å². The first kappa shape index (κ1) is 29.1.